The molecule has 0 aliphatic carbocycles. The fraction of sp³-hybridized carbons (Fsp3) is 0.571. The van der Waals surface area contributed by atoms with Crippen molar-refractivity contribution in [3.05, 3.63) is 24.3 Å². The van der Waals surface area contributed by atoms with E-state index in [1.54, 1.807) is 18.6 Å². The van der Waals surface area contributed by atoms with E-state index in [9.17, 15) is 4.79 Å². The number of nitrogens with zero attached hydrogens (tertiary/aromatic N) is 1. The van der Waals surface area contributed by atoms with Crippen molar-refractivity contribution < 1.29 is 9.53 Å². The Kier molecular flexibility index (Phi) is 7.60. The molecule has 0 amide bonds. The molecule has 1 N–H and O–H groups in total. The second kappa shape index (κ2) is 9.45. The lowest BCUT2D eigenvalue weighted by molar-refractivity contribution is -0.137. The smallest absolute Gasteiger partial charge is 0.330 e. The summed E-state index contributed by atoms with van der Waals surface area (Å²) in [6, 6.07) is 0. The van der Waals surface area contributed by atoms with Crippen molar-refractivity contribution >= 4 is 12.0 Å². The zero-order valence-electron chi connectivity index (χ0n) is 11.0. The van der Waals surface area contributed by atoms with Crippen LogP contribution >= 0.6 is 0 Å². The first-order chi connectivity index (χ1) is 8.83. The summed E-state index contributed by atoms with van der Waals surface area (Å²) < 4.78 is 5.09. The Morgan fingerprint density at radius 1 is 1.33 bits per heavy atom. The van der Waals surface area contributed by atoms with Crippen LogP contribution in [-0.4, -0.2) is 22.5 Å². The summed E-state index contributed by atoms with van der Waals surface area (Å²) in [5.74, 6) is -0.293. The van der Waals surface area contributed by atoms with E-state index in [0.717, 1.165) is 18.5 Å². The third-order valence-electron chi connectivity index (χ3n) is 2.66. The molecular formula is C14H22N2O2. The van der Waals surface area contributed by atoms with Crippen LogP contribution in [0.4, 0.5) is 0 Å². The number of H-pyrrole nitrogens is 1. The Labute approximate surface area is 108 Å². The average molecular weight is 250 g/mol. The van der Waals surface area contributed by atoms with Gasteiger partial charge in [0, 0.05) is 6.08 Å². The number of carbonyl (C=O) groups is 1. The minimum Gasteiger partial charge on any atom is -0.463 e. The molecule has 4 nitrogen and oxygen atoms in total. The molecule has 4 heteroatoms. The van der Waals surface area contributed by atoms with Gasteiger partial charge in [-0.3, -0.25) is 0 Å². The summed E-state index contributed by atoms with van der Waals surface area (Å²) in [4.78, 5) is 18.1. The molecule has 18 heavy (non-hydrogen) atoms. The van der Waals surface area contributed by atoms with Crippen molar-refractivity contribution in [3.8, 4) is 0 Å². The lowest BCUT2D eigenvalue weighted by Crippen LogP contribution is -2.02. The molecule has 1 aromatic rings. The minimum atomic E-state index is -0.293. The van der Waals surface area contributed by atoms with Gasteiger partial charge in [-0.15, -0.1) is 0 Å². The number of hydrogen-bond donors (Lipinski definition) is 1. The number of rotatable bonds is 9. The molecule has 0 bridgehead atoms. The average Bonchev–Trinajstić information content (AvgIpc) is 2.88. The van der Waals surface area contributed by atoms with E-state index in [-0.39, 0.29) is 5.97 Å². The predicted molar refractivity (Wildman–Crippen MR) is 72.0 cm³/mol. The molecule has 1 heterocycles. The molecular weight excluding hydrogens is 228 g/mol. The molecule has 0 saturated heterocycles. The fourth-order valence-electron chi connectivity index (χ4n) is 1.62. The minimum absolute atomic E-state index is 0.293. The summed E-state index contributed by atoms with van der Waals surface area (Å²) in [5.41, 5.74) is 0.798. The zero-order valence-corrected chi connectivity index (χ0v) is 11.0. The zero-order chi connectivity index (χ0) is 13.1. The molecule has 0 fully saturated rings. The highest BCUT2D eigenvalue weighted by atomic mass is 16.5. The molecule has 0 spiro atoms. The summed E-state index contributed by atoms with van der Waals surface area (Å²) in [6.45, 7) is 2.71. The SMILES string of the molecule is CCCCCCCCOC(=O)/C=C/c1cnc[nH]1. The number of imidazole rings is 1. The Morgan fingerprint density at radius 2 is 2.11 bits per heavy atom. The van der Waals surface area contributed by atoms with Crippen molar-refractivity contribution in [2.45, 2.75) is 45.4 Å². The van der Waals surface area contributed by atoms with Crippen LogP contribution in [0.2, 0.25) is 0 Å². The van der Waals surface area contributed by atoms with Crippen LogP contribution in [0.1, 0.15) is 51.1 Å². The quantitative estimate of drug-likeness (QED) is 0.415. The molecule has 0 atom stereocenters. The number of nitrogens with one attached hydrogen (secondary N) is 1. The maximum absolute atomic E-state index is 11.3. The van der Waals surface area contributed by atoms with Gasteiger partial charge in [0.05, 0.1) is 24.8 Å². The van der Waals surface area contributed by atoms with Crippen molar-refractivity contribution in [2.24, 2.45) is 0 Å². The van der Waals surface area contributed by atoms with E-state index < -0.39 is 0 Å². The second-order valence-corrected chi connectivity index (χ2v) is 4.28. The molecule has 0 aromatic carbocycles. The second-order valence-electron chi connectivity index (χ2n) is 4.28. The van der Waals surface area contributed by atoms with E-state index in [2.05, 4.69) is 16.9 Å². The van der Waals surface area contributed by atoms with Crippen LogP contribution < -0.4 is 0 Å². The molecule has 0 saturated carbocycles. The van der Waals surface area contributed by atoms with Gasteiger partial charge in [0.2, 0.25) is 0 Å². The van der Waals surface area contributed by atoms with Crippen molar-refractivity contribution in [2.75, 3.05) is 6.61 Å². The largest absolute Gasteiger partial charge is 0.463 e. The number of hydrogen-bond acceptors (Lipinski definition) is 3. The van der Waals surface area contributed by atoms with Gasteiger partial charge >= 0.3 is 5.97 Å². The molecule has 0 aliphatic heterocycles. The van der Waals surface area contributed by atoms with E-state index >= 15 is 0 Å². The van der Waals surface area contributed by atoms with E-state index in [1.807, 2.05) is 0 Å². The first-order valence-corrected chi connectivity index (χ1v) is 6.66. The Balaban J connectivity index is 2.00. The number of carbonyl (C=O) groups excluding carboxylic acids is 1. The van der Waals surface area contributed by atoms with Gasteiger partial charge in [-0.2, -0.15) is 0 Å². The lowest BCUT2D eigenvalue weighted by atomic mass is 10.1. The summed E-state index contributed by atoms with van der Waals surface area (Å²) in [5, 5.41) is 0. The van der Waals surface area contributed by atoms with Gasteiger partial charge in [-0.1, -0.05) is 39.0 Å². The topological polar surface area (TPSA) is 55.0 Å². The van der Waals surface area contributed by atoms with Gasteiger partial charge in [0.25, 0.3) is 0 Å². The molecule has 1 rings (SSSR count). The molecule has 1 aromatic heterocycles. The van der Waals surface area contributed by atoms with Crippen LogP contribution in [0.3, 0.4) is 0 Å². The van der Waals surface area contributed by atoms with E-state index in [4.69, 9.17) is 4.74 Å². The number of ether oxygens (including phenoxy) is 1. The third-order valence-corrected chi connectivity index (χ3v) is 2.66. The van der Waals surface area contributed by atoms with Crippen LogP contribution in [-0.2, 0) is 9.53 Å². The third kappa shape index (κ3) is 6.89. The molecule has 0 aliphatic rings. The highest BCUT2D eigenvalue weighted by Gasteiger charge is 1.97. The molecule has 0 unspecified atom stereocenters. The predicted octanol–water partition coefficient (Wildman–Crippen LogP) is 3.33. The van der Waals surface area contributed by atoms with Gasteiger partial charge in [0.15, 0.2) is 0 Å². The van der Waals surface area contributed by atoms with E-state index in [0.29, 0.717) is 6.61 Å². The summed E-state index contributed by atoms with van der Waals surface area (Å²) in [6.07, 6.45) is 13.5. The normalized spacial score (nSPS) is 10.9. The maximum atomic E-state index is 11.3. The van der Waals surface area contributed by atoms with Crippen molar-refractivity contribution in [3.63, 3.8) is 0 Å². The van der Waals surface area contributed by atoms with Crippen LogP contribution in [0.15, 0.2) is 18.6 Å². The summed E-state index contributed by atoms with van der Waals surface area (Å²) >= 11 is 0. The Morgan fingerprint density at radius 3 is 2.83 bits per heavy atom. The highest BCUT2D eigenvalue weighted by molar-refractivity contribution is 5.86. The van der Waals surface area contributed by atoms with Crippen molar-refractivity contribution in [1.82, 2.24) is 9.97 Å². The van der Waals surface area contributed by atoms with Crippen LogP contribution in [0, 0.1) is 0 Å². The maximum Gasteiger partial charge on any atom is 0.330 e. The molecule has 100 valence electrons. The number of aromatic nitrogens is 2. The first-order valence-electron chi connectivity index (χ1n) is 6.66. The Hall–Kier alpha value is -1.58. The fourth-order valence-corrected chi connectivity index (χ4v) is 1.62. The standard InChI is InChI=1S/C14H22N2O2/c1-2-3-4-5-6-7-10-18-14(17)9-8-13-11-15-12-16-13/h8-9,11-12H,2-7,10H2,1H3,(H,15,16)/b9-8+. The van der Waals surface area contributed by atoms with E-state index in [1.165, 1.54) is 31.8 Å². The number of esters is 1. The Bertz CT molecular complexity index is 345. The van der Waals surface area contributed by atoms with Crippen molar-refractivity contribution in [1.29, 1.82) is 0 Å². The van der Waals surface area contributed by atoms with Gasteiger partial charge in [-0.25, -0.2) is 9.78 Å². The lowest BCUT2D eigenvalue weighted by Gasteiger charge is -2.01. The van der Waals surface area contributed by atoms with Gasteiger partial charge in [-0.05, 0) is 12.5 Å². The number of aromatic amines is 1. The summed E-state index contributed by atoms with van der Waals surface area (Å²) in [7, 11) is 0. The first kappa shape index (κ1) is 14.5. The van der Waals surface area contributed by atoms with Crippen LogP contribution in [0.25, 0.3) is 6.08 Å². The van der Waals surface area contributed by atoms with Gasteiger partial charge in [0.1, 0.15) is 0 Å². The van der Waals surface area contributed by atoms with Crippen LogP contribution in [0.5, 0.6) is 0 Å². The number of unbranched alkanes of at least 4 members (excludes halogenated alkanes) is 5. The molecule has 0 radical (unpaired) electrons. The highest BCUT2D eigenvalue weighted by Crippen LogP contribution is 2.05. The monoisotopic (exact) mass is 250 g/mol. The van der Waals surface area contributed by atoms with Gasteiger partial charge < -0.3 is 9.72 Å².